The minimum atomic E-state index is -0.249. The first kappa shape index (κ1) is 23.1. The van der Waals surface area contributed by atoms with E-state index in [1.54, 1.807) is 35.0 Å². The average Bonchev–Trinajstić information content (AvgIpc) is 3.23. The summed E-state index contributed by atoms with van der Waals surface area (Å²) < 4.78 is 7.12. The minimum absolute atomic E-state index is 0.0817. The molecule has 1 aromatic heterocycles. The number of methoxy groups -OCH3 is 1. The van der Waals surface area contributed by atoms with E-state index in [1.807, 2.05) is 48.7 Å². The highest BCUT2D eigenvalue weighted by Gasteiger charge is 2.17. The molecule has 2 amide bonds. The van der Waals surface area contributed by atoms with Gasteiger partial charge < -0.3 is 15.4 Å². The zero-order valence-electron chi connectivity index (χ0n) is 18.7. The Labute approximate surface area is 202 Å². The summed E-state index contributed by atoms with van der Waals surface area (Å²) in [5.74, 6) is 0.0323. The molecule has 0 aliphatic rings. The van der Waals surface area contributed by atoms with Gasteiger partial charge >= 0.3 is 0 Å². The topological polar surface area (TPSA) is 85.3 Å². The normalized spacial score (nSPS) is 10.6. The van der Waals surface area contributed by atoms with Crippen LogP contribution in [0.2, 0.25) is 5.02 Å². The van der Waals surface area contributed by atoms with Crippen LogP contribution in [0.3, 0.4) is 0 Å². The predicted octanol–water partition coefficient (Wildman–Crippen LogP) is 5.34. The van der Waals surface area contributed by atoms with Crippen LogP contribution < -0.4 is 15.4 Å². The van der Waals surface area contributed by atoms with Crippen LogP contribution >= 0.6 is 11.6 Å². The molecular formula is C26H23ClN4O3. The van der Waals surface area contributed by atoms with E-state index < -0.39 is 0 Å². The predicted molar refractivity (Wildman–Crippen MR) is 134 cm³/mol. The highest BCUT2D eigenvalue weighted by molar-refractivity contribution is 6.30. The number of carbonyl (C=O) groups is 2. The zero-order chi connectivity index (χ0) is 24.1. The molecule has 0 saturated carbocycles. The van der Waals surface area contributed by atoms with E-state index in [4.69, 9.17) is 21.4 Å². The van der Waals surface area contributed by atoms with Crippen molar-refractivity contribution in [1.29, 1.82) is 0 Å². The standard InChI is InChI=1S/C26H23ClN4O3/c1-17(32)28-21-12-13-24(34-2)23(15-21)29-25(33)14-19-16-31(22-6-4-3-5-7-22)30-26(19)18-8-10-20(27)11-9-18/h3-13,15-16H,14H2,1-2H3,(H,28,32)(H,29,33). The van der Waals surface area contributed by atoms with Gasteiger partial charge in [-0.1, -0.05) is 41.9 Å². The molecule has 0 bridgehead atoms. The molecule has 0 atom stereocenters. The molecule has 3 aromatic carbocycles. The number of benzene rings is 3. The number of nitrogens with one attached hydrogen (secondary N) is 2. The number of nitrogens with zero attached hydrogens (tertiary/aromatic N) is 2. The summed E-state index contributed by atoms with van der Waals surface area (Å²) in [5.41, 5.74) is 4.20. The van der Waals surface area contributed by atoms with E-state index in [9.17, 15) is 9.59 Å². The molecule has 34 heavy (non-hydrogen) atoms. The van der Waals surface area contributed by atoms with Crippen LogP contribution in [0.5, 0.6) is 5.75 Å². The summed E-state index contributed by atoms with van der Waals surface area (Å²) >= 11 is 6.06. The lowest BCUT2D eigenvalue weighted by Crippen LogP contribution is -2.16. The molecule has 0 aliphatic carbocycles. The first-order valence-electron chi connectivity index (χ1n) is 10.6. The molecule has 2 N–H and O–H groups in total. The van der Waals surface area contributed by atoms with Gasteiger partial charge in [-0.25, -0.2) is 4.68 Å². The lowest BCUT2D eigenvalue weighted by Gasteiger charge is -2.12. The van der Waals surface area contributed by atoms with Crippen molar-refractivity contribution >= 4 is 34.8 Å². The van der Waals surface area contributed by atoms with Gasteiger partial charge in [-0.15, -0.1) is 0 Å². The number of hydrogen-bond acceptors (Lipinski definition) is 4. The van der Waals surface area contributed by atoms with Crippen molar-refractivity contribution in [2.24, 2.45) is 0 Å². The van der Waals surface area contributed by atoms with Gasteiger partial charge in [-0.2, -0.15) is 5.10 Å². The van der Waals surface area contributed by atoms with Crippen molar-refractivity contribution in [3.05, 3.63) is 89.6 Å². The van der Waals surface area contributed by atoms with Crippen LogP contribution in [0.15, 0.2) is 79.0 Å². The number of aromatic nitrogens is 2. The number of anilines is 2. The molecule has 0 fully saturated rings. The first-order valence-corrected chi connectivity index (χ1v) is 11.0. The highest BCUT2D eigenvalue weighted by Crippen LogP contribution is 2.29. The molecule has 0 unspecified atom stereocenters. The summed E-state index contributed by atoms with van der Waals surface area (Å²) in [7, 11) is 1.52. The molecule has 0 spiro atoms. The Morgan fingerprint density at radius 2 is 1.74 bits per heavy atom. The second kappa shape index (κ2) is 10.2. The molecule has 1 heterocycles. The summed E-state index contributed by atoms with van der Waals surface area (Å²) in [4.78, 5) is 24.5. The van der Waals surface area contributed by atoms with Gasteiger partial charge in [0.05, 0.1) is 30.6 Å². The van der Waals surface area contributed by atoms with Crippen LogP contribution in [-0.4, -0.2) is 28.7 Å². The molecule has 0 radical (unpaired) electrons. The first-order chi connectivity index (χ1) is 16.4. The Hall–Kier alpha value is -4.10. The third-order valence-electron chi connectivity index (χ3n) is 5.07. The molecule has 0 aliphatic heterocycles. The average molecular weight is 475 g/mol. The quantitative estimate of drug-likeness (QED) is 0.378. The Balaban J connectivity index is 1.64. The number of hydrogen-bond donors (Lipinski definition) is 2. The van der Waals surface area contributed by atoms with E-state index in [0.717, 1.165) is 16.8 Å². The van der Waals surface area contributed by atoms with Gasteiger partial charge in [0.15, 0.2) is 0 Å². The molecule has 172 valence electrons. The largest absolute Gasteiger partial charge is 0.495 e. The maximum Gasteiger partial charge on any atom is 0.229 e. The smallest absolute Gasteiger partial charge is 0.229 e. The summed E-state index contributed by atoms with van der Waals surface area (Å²) in [6, 6.07) is 22.1. The van der Waals surface area contributed by atoms with Crippen molar-refractivity contribution in [2.45, 2.75) is 13.3 Å². The van der Waals surface area contributed by atoms with E-state index in [-0.39, 0.29) is 18.2 Å². The second-order valence-corrected chi connectivity index (χ2v) is 8.05. The zero-order valence-corrected chi connectivity index (χ0v) is 19.5. The molecule has 4 rings (SSSR count). The number of ether oxygens (including phenoxy) is 1. The van der Waals surface area contributed by atoms with Crippen molar-refractivity contribution in [2.75, 3.05) is 17.7 Å². The van der Waals surface area contributed by atoms with Crippen LogP contribution in [0.1, 0.15) is 12.5 Å². The molecule has 0 saturated heterocycles. The Bertz CT molecular complexity index is 1320. The fourth-order valence-corrected chi connectivity index (χ4v) is 3.68. The van der Waals surface area contributed by atoms with E-state index in [0.29, 0.717) is 27.8 Å². The highest BCUT2D eigenvalue weighted by atomic mass is 35.5. The molecular weight excluding hydrogens is 452 g/mol. The van der Waals surface area contributed by atoms with Gasteiger partial charge in [0, 0.05) is 35.0 Å². The Kier molecular flexibility index (Phi) is 6.94. The fraction of sp³-hybridized carbons (Fsp3) is 0.115. The van der Waals surface area contributed by atoms with Gasteiger partial charge in [-0.3, -0.25) is 9.59 Å². The Morgan fingerprint density at radius 1 is 1.00 bits per heavy atom. The van der Waals surface area contributed by atoms with Gasteiger partial charge in [-0.05, 0) is 42.5 Å². The summed E-state index contributed by atoms with van der Waals surface area (Å²) in [5, 5.41) is 11.0. The third-order valence-corrected chi connectivity index (χ3v) is 5.33. The minimum Gasteiger partial charge on any atom is -0.495 e. The SMILES string of the molecule is COc1ccc(NC(C)=O)cc1NC(=O)Cc1cn(-c2ccccc2)nc1-c1ccc(Cl)cc1. The van der Waals surface area contributed by atoms with Crippen molar-refractivity contribution in [3.8, 4) is 22.7 Å². The fourth-order valence-electron chi connectivity index (χ4n) is 3.56. The van der Waals surface area contributed by atoms with Crippen molar-refractivity contribution in [3.63, 3.8) is 0 Å². The lowest BCUT2D eigenvalue weighted by molar-refractivity contribution is -0.116. The van der Waals surface area contributed by atoms with Crippen molar-refractivity contribution in [1.82, 2.24) is 9.78 Å². The second-order valence-electron chi connectivity index (χ2n) is 7.61. The number of amides is 2. The molecule has 8 heteroatoms. The summed E-state index contributed by atoms with van der Waals surface area (Å²) in [6.07, 6.45) is 1.93. The van der Waals surface area contributed by atoms with Gasteiger partial charge in [0.25, 0.3) is 0 Å². The van der Waals surface area contributed by atoms with Crippen LogP contribution in [-0.2, 0) is 16.0 Å². The van der Waals surface area contributed by atoms with E-state index in [2.05, 4.69) is 10.6 Å². The number of para-hydroxylation sites is 1. The molecule has 7 nitrogen and oxygen atoms in total. The van der Waals surface area contributed by atoms with Crippen LogP contribution in [0, 0.1) is 0 Å². The van der Waals surface area contributed by atoms with Crippen molar-refractivity contribution < 1.29 is 14.3 Å². The third kappa shape index (κ3) is 5.44. The lowest BCUT2D eigenvalue weighted by atomic mass is 10.1. The monoisotopic (exact) mass is 474 g/mol. The summed E-state index contributed by atoms with van der Waals surface area (Å²) in [6.45, 7) is 1.42. The van der Waals surface area contributed by atoms with Crippen LogP contribution in [0.4, 0.5) is 11.4 Å². The van der Waals surface area contributed by atoms with Gasteiger partial charge in [0.1, 0.15) is 5.75 Å². The van der Waals surface area contributed by atoms with Crippen LogP contribution in [0.25, 0.3) is 16.9 Å². The van der Waals surface area contributed by atoms with E-state index in [1.165, 1.54) is 14.0 Å². The maximum absolute atomic E-state index is 13.1. The number of rotatable bonds is 7. The Morgan fingerprint density at radius 3 is 2.41 bits per heavy atom. The number of halogens is 1. The van der Waals surface area contributed by atoms with E-state index >= 15 is 0 Å². The maximum atomic E-state index is 13.1. The molecule has 4 aromatic rings. The number of carbonyl (C=O) groups excluding carboxylic acids is 2. The van der Waals surface area contributed by atoms with Gasteiger partial charge in [0.2, 0.25) is 11.8 Å².